The highest BCUT2D eigenvalue weighted by molar-refractivity contribution is 5.82. The number of likely N-dealkylation sites (tertiary alicyclic amines) is 1. The molecule has 1 saturated heterocycles. The van der Waals surface area contributed by atoms with Crippen LogP contribution in [0, 0.1) is 0 Å². The third-order valence-electron chi connectivity index (χ3n) is 2.69. The van der Waals surface area contributed by atoms with E-state index in [9.17, 15) is 4.79 Å². The average molecular weight is 194 g/mol. The maximum Gasteiger partial charge on any atom is 0.245 e. The number of aromatic nitrogens is 2. The first-order valence-corrected chi connectivity index (χ1v) is 4.81. The summed E-state index contributed by atoms with van der Waals surface area (Å²) < 4.78 is 1.75. The first-order chi connectivity index (χ1) is 6.74. The van der Waals surface area contributed by atoms with Crippen LogP contribution in [0.1, 0.15) is 19.4 Å². The summed E-state index contributed by atoms with van der Waals surface area (Å²) in [5.74, 6) is 0.568. The number of amides is 1. The molecule has 0 aromatic carbocycles. The maximum atomic E-state index is 11.8. The van der Waals surface area contributed by atoms with E-state index in [1.165, 1.54) is 0 Å². The summed E-state index contributed by atoms with van der Waals surface area (Å²) in [6.45, 7) is 3.57. The van der Waals surface area contributed by atoms with Crippen LogP contribution in [0.25, 0.3) is 0 Å². The van der Waals surface area contributed by atoms with Gasteiger partial charge in [0, 0.05) is 25.5 Å². The van der Waals surface area contributed by atoms with Gasteiger partial charge in [-0.3, -0.25) is 4.79 Å². The minimum Gasteiger partial charge on any atom is -0.369 e. The Kier molecular flexibility index (Phi) is 2.15. The molecule has 0 spiro atoms. The van der Waals surface area contributed by atoms with E-state index in [0.29, 0.717) is 5.95 Å². The molecule has 1 amide bonds. The summed E-state index contributed by atoms with van der Waals surface area (Å²) in [5, 5.41) is 0. The number of likely N-dealkylation sites (N-methyl/N-ethyl adjacent to an activating group) is 1. The second kappa shape index (κ2) is 3.32. The summed E-state index contributed by atoms with van der Waals surface area (Å²) in [7, 11) is 0. The number of hydrogen-bond acceptors (Lipinski definition) is 3. The fourth-order valence-electron chi connectivity index (χ4n) is 1.88. The predicted molar refractivity (Wildman–Crippen MR) is 52.5 cm³/mol. The average Bonchev–Trinajstić information content (AvgIpc) is 2.72. The van der Waals surface area contributed by atoms with E-state index in [2.05, 4.69) is 4.98 Å². The van der Waals surface area contributed by atoms with Gasteiger partial charge in [0.25, 0.3) is 0 Å². The lowest BCUT2D eigenvalue weighted by molar-refractivity contribution is -0.130. The molecule has 0 radical (unpaired) electrons. The molecule has 14 heavy (non-hydrogen) atoms. The van der Waals surface area contributed by atoms with E-state index in [4.69, 9.17) is 5.73 Å². The molecule has 5 nitrogen and oxygen atoms in total. The Morgan fingerprint density at radius 3 is 3.00 bits per heavy atom. The van der Waals surface area contributed by atoms with Gasteiger partial charge in [0.15, 0.2) is 0 Å². The molecule has 1 atom stereocenters. The second-order valence-corrected chi connectivity index (χ2v) is 3.42. The number of nitrogens with zero attached hydrogens (tertiary/aromatic N) is 3. The Hall–Kier alpha value is -1.52. The molecule has 0 bridgehead atoms. The van der Waals surface area contributed by atoms with E-state index < -0.39 is 0 Å². The third-order valence-corrected chi connectivity index (χ3v) is 2.69. The molecule has 76 valence electrons. The quantitative estimate of drug-likeness (QED) is 0.734. The van der Waals surface area contributed by atoms with Crippen molar-refractivity contribution in [2.24, 2.45) is 0 Å². The van der Waals surface area contributed by atoms with Crippen LogP contribution in [0.5, 0.6) is 0 Å². The molecule has 5 heteroatoms. The van der Waals surface area contributed by atoms with Crippen LogP contribution in [-0.4, -0.2) is 33.4 Å². The van der Waals surface area contributed by atoms with Crippen LogP contribution in [-0.2, 0) is 4.79 Å². The van der Waals surface area contributed by atoms with E-state index in [-0.39, 0.29) is 11.9 Å². The Bertz CT molecular complexity index is 346. The molecular weight excluding hydrogens is 180 g/mol. The van der Waals surface area contributed by atoms with Gasteiger partial charge in [0.1, 0.15) is 6.04 Å². The van der Waals surface area contributed by atoms with Crippen LogP contribution >= 0.6 is 0 Å². The highest BCUT2D eigenvalue weighted by atomic mass is 16.2. The van der Waals surface area contributed by atoms with Gasteiger partial charge in [-0.2, -0.15) is 0 Å². The van der Waals surface area contributed by atoms with Gasteiger partial charge < -0.3 is 15.2 Å². The molecule has 1 aliphatic heterocycles. The molecule has 2 N–H and O–H groups in total. The van der Waals surface area contributed by atoms with Crippen LogP contribution in [0.3, 0.4) is 0 Å². The summed E-state index contributed by atoms with van der Waals surface area (Å²) in [6, 6.07) is -0.141. The molecule has 1 aromatic heterocycles. The maximum absolute atomic E-state index is 11.8. The second-order valence-electron chi connectivity index (χ2n) is 3.42. The lowest BCUT2D eigenvalue weighted by Gasteiger charge is -2.14. The fraction of sp³-hybridized carbons (Fsp3) is 0.556. The summed E-state index contributed by atoms with van der Waals surface area (Å²) in [5.41, 5.74) is 5.65. The van der Waals surface area contributed by atoms with Gasteiger partial charge in [-0.15, -0.1) is 0 Å². The van der Waals surface area contributed by atoms with E-state index >= 15 is 0 Å². The van der Waals surface area contributed by atoms with Crippen molar-refractivity contribution in [2.75, 3.05) is 18.8 Å². The minimum atomic E-state index is -0.141. The molecule has 1 unspecified atom stereocenters. The molecule has 1 aromatic rings. The van der Waals surface area contributed by atoms with Crippen molar-refractivity contribution in [3.05, 3.63) is 12.4 Å². The molecule has 1 fully saturated rings. The summed E-state index contributed by atoms with van der Waals surface area (Å²) in [4.78, 5) is 17.6. The topological polar surface area (TPSA) is 64.2 Å². The minimum absolute atomic E-state index is 0.141. The molecular formula is C9H14N4O. The highest BCUT2D eigenvalue weighted by Gasteiger charge is 2.32. The van der Waals surface area contributed by atoms with Crippen LogP contribution in [0.2, 0.25) is 0 Å². The lowest BCUT2D eigenvalue weighted by Crippen LogP contribution is -2.28. The number of nitrogen functional groups attached to an aromatic ring is 1. The van der Waals surface area contributed by atoms with E-state index in [0.717, 1.165) is 19.5 Å². The van der Waals surface area contributed by atoms with Crippen molar-refractivity contribution in [2.45, 2.75) is 19.4 Å². The summed E-state index contributed by atoms with van der Waals surface area (Å²) >= 11 is 0. The zero-order chi connectivity index (χ0) is 10.1. The Balaban J connectivity index is 2.22. The van der Waals surface area contributed by atoms with Gasteiger partial charge in [-0.1, -0.05) is 0 Å². The van der Waals surface area contributed by atoms with Crippen molar-refractivity contribution in [1.29, 1.82) is 0 Å². The van der Waals surface area contributed by atoms with Crippen molar-refractivity contribution in [1.82, 2.24) is 14.5 Å². The predicted octanol–water partition coefficient (Wildman–Crippen LogP) is 0.259. The van der Waals surface area contributed by atoms with E-state index in [1.54, 1.807) is 17.0 Å². The Morgan fingerprint density at radius 1 is 1.71 bits per heavy atom. The normalized spacial score (nSPS) is 21.9. The highest BCUT2D eigenvalue weighted by Crippen LogP contribution is 2.24. The zero-order valence-corrected chi connectivity index (χ0v) is 8.18. The Morgan fingerprint density at radius 2 is 2.50 bits per heavy atom. The Labute approximate surface area is 82.5 Å². The standard InChI is InChI=1S/C9H14N4O/c1-2-12-5-3-7(8(12)14)13-6-4-11-9(13)10/h4,6-7H,2-3,5H2,1H3,(H2,10,11). The fourth-order valence-corrected chi connectivity index (χ4v) is 1.88. The van der Waals surface area contributed by atoms with Gasteiger partial charge in [-0.25, -0.2) is 4.98 Å². The van der Waals surface area contributed by atoms with Gasteiger partial charge >= 0.3 is 0 Å². The van der Waals surface area contributed by atoms with Gasteiger partial charge in [0.2, 0.25) is 11.9 Å². The van der Waals surface area contributed by atoms with Crippen LogP contribution in [0.4, 0.5) is 5.95 Å². The van der Waals surface area contributed by atoms with Crippen LogP contribution in [0.15, 0.2) is 12.4 Å². The van der Waals surface area contributed by atoms with E-state index in [1.807, 2.05) is 11.8 Å². The SMILES string of the molecule is CCN1CCC(n2ccnc2N)C1=O. The van der Waals surface area contributed by atoms with Gasteiger partial charge in [0.05, 0.1) is 0 Å². The first kappa shape index (κ1) is 9.05. The molecule has 1 aliphatic rings. The smallest absolute Gasteiger partial charge is 0.245 e. The van der Waals surface area contributed by atoms with Crippen molar-refractivity contribution in [3.63, 3.8) is 0 Å². The van der Waals surface area contributed by atoms with Gasteiger partial charge in [-0.05, 0) is 13.3 Å². The molecule has 0 saturated carbocycles. The number of nitrogens with two attached hydrogens (primary N) is 1. The number of rotatable bonds is 2. The number of carbonyl (C=O) groups is 1. The number of imidazole rings is 1. The molecule has 0 aliphatic carbocycles. The number of anilines is 1. The first-order valence-electron chi connectivity index (χ1n) is 4.81. The van der Waals surface area contributed by atoms with Crippen molar-refractivity contribution >= 4 is 11.9 Å². The largest absolute Gasteiger partial charge is 0.369 e. The molecule has 2 rings (SSSR count). The number of carbonyl (C=O) groups excluding carboxylic acids is 1. The molecule has 2 heterocycles. The van der Waals surface area contributed by atoms with Crippen molar-refractivity contribution in [3.8, 4) is 0 Å². The third kappa shape index (κ3) is 1.25. The number of hydrogen-bond donors (Lipinski definition) is 1. The monoisotopic (exact) mass is 194 g/mol. The van der Waals surface area contributed by atoms with Crippen molar-refractivity contribution < 1.29 is 4.79 Å². The van der Waals surface area contributed by atoms with Crippen LogP contribution < -0.4 is 5.73 Å². The zero-order valence-electron chi connectivity index (χ0n) is 8.18. The summed E-state index contributed by atoms with van der Waals surface area (Å²) in [6.07, 6.45) is 4.21. The lowest BCUT2D eigenvalue weighted by atomic mass is 10.2.